The van der Waals surface area contributed by atoms with Crippen LogP contribution in [0, 0.1) is 0 Å². The summed E-state index contributed by atoms with van der Waals surface area (Å²) in [6.07, 6.45) is -0.494. The molecule has 0 aliphatic carbocycles. The Kier molecular flexibility index (Phi) is 4.38. The third-order valence-corrected chi connectivity index (χ3v) is 4.11. The maximum Gasteiger partial charge on any atom is 0.347 e. The maximum absolute atomic E-state index is 12.1. The van der Waals surface area contributed by atoms with Gasteiger partial charge in [0.25, 0.3) is 5.91 Å². The first-order chi connectivity index (χ1) is 11.1. The summed E-state index contributed by atoms with van der Waals surface area (Å²) in [6, 6.07) is 9.87. The summed E-state index contributed by atoms with van der Waals surface area (Å²) in [6.45, 7) is 0.258. The van der Waals surface area contributed by atoms with Crippen molar-refractivity contribution < 1.29 is 23.9 Å². The van der Waals surface area contributed by atoms with E-state index >= 15 is 0 Å². The third kappa shape index (κ3) is 3.57. The Morgan fingerprint density at radius 1 is 1.26 bits per heavy atom. The molecular formula is C16H13NO5S. The number of esters is 2. The number of cyclic esters (lactones) is 1. The molecule has 118 valence electrons. The predicted octanol–water partition coefficient (Wildman–Crippen LogP) is 2.47. The molecule has 2 aromatic rings. The van der Waals surface area contributed by atoms with Gasteiger partial charge in [0.2, 0.25) is 6.10 Å². The minimum Gasteiger partial charge on any atom is -0.463 e. The summed E-state index contributed by atoms with van der Waals surface area (Å²) < 4.78 is 9.87. The van der Waals surface area contributed by atoms with Gasteiger partial charge in [0.15, 0.2) is 0 Å². The van der Waals surface area contributed by atoms with Crippen molar-refractivity contribution in [2.75, 3.05) is 11.9 Å². The summed E-state index contributed by atoms with van der Waals surface area (Å²) in [5.74, 6) is -1.40. The zero-order valence-corrected chi connectivity index (χ0v) is 12.8. The van der Waals surface area contributed by atoms with Gasteiger partial charge in [0, 0.05) is 12.1 Å². The molecule has 1 aromatic heterocycles. The molecule has 1 fully saturated rings. The molecule has 0 radical (unpaired) electrons. The van der Waals surface area contributed by atoms with E-state index in [-0.39, 0.29) is 18.1 Å². The number of carbonyl (C=O) groups is 3. The Labute approximate surface area is 136 Å². The van der Waals surface area contributed by atoms with Gasteiger partial charge < -0.3 is 14.8 Å². The lowest BCUT2D eigenvalue weighted by Gasteiger charge is -2.09. The number of rotatable bonds is 4. The van der Waals surface area contributed by atoms with E-state index in [2.05, 4.69) is 5.32 Å². The van der Waals surface area contributed by atoms with Crippen molar-refractivity contribution >= 4 is 34.9 Å². The lowest BCUT2D eigenvalue weighted by atomic mass is 10.2. The molecule has 1 amide bonds. The molecule has 1 N–H and O–H groups in total. The molecule has 1 saturated heterocycles. The van der Waals surface area contributed by atoms with Gasteiger partial charge in [-0.15, -0.1) is 11.3 Å². The first-order valence-corrected chi connectivity index (χ1v) is 7.84. The van der Waals surface area contributed by atoms with E-state index in [1.165, 1.54) is 17.4 Å². The zero-order chi connectivity index (χ0) is 16.2. The average Bonchev–Trinajstić information content (AvgIpc) is 3.20. The highest BCUT2D eigenvalue weighted by atomic mass is 32.1. The second-order valence-corrected chi connectivity index (χ2v) is 5.81. The van der Waals surface area contributed by atoms with Crippen molar-refractivity contribution in [3.8, 4) is 0 Å². The topological polar surface area (TPSA) is 81.7 Å². The fraction of sp³-hybridized carbons (Fsp3) is 0.188. The van der Waals surface area contributed by atoms with Crippen molar-refractivity contribution in [2.24, 2.45) is 0 Å². The van der Waals surface area contributed by atoms with Gasteiger partial charge in [-0.25, -0.2) is 9.59 Å². The van der Waals surface area contributed by atoms with E-state index in [4.69, 9.17) is 9.47 Å². The van der Waals surface area contributed by atoms with Crippen molar-refractivity contribution in [1.82, 2.24) is 0 Å². The van der Waals surface area contributed by atoms with E-state index < -0.39 is 18.0 Å². The van der Waals surface area contributed by atoms with Gasteiger partial charge in [-0.3, -0.25) is 4.79 Å². The number of nitrogens with one attached hydrogen (secondary N) is 1. The second kappa shape index (κ2) is 6.62. The van der Waals surface area contributed by atoms with Crippen molar-refractivity contribution in [3.05, 3.63) is 52.2 Å². The summed E-state index contributed by atoms with van der Waals surface area (Å²) >= 11 is 1.33. The Bertz CT molecular complexity index is 741. The molecule has 3 rings (SSSR count). The summed E-state index contributed by atoms with van der Waals surface area (Å²) in [5, 5.41) is 4.52. The lowest BCUT2D eigenvalue weighted by Crippen LogP contribution is -2.22. The number of amides is 1. The number of hydrogen-bond acceptors (Lipinski definition) is 6. The molecule has 1 aliphatic rings. The van der Waals surface area contributed by atoms with Gasteiger partial charge in [-0.2, -0.15) is 0 Å². The molecule has 6 nitrogen and oxygen atoms in total. The van der Waals surface area contributed by atoms with Gasteiger partial charge >= 0.3 is 11.9 Å². The normalized spacial score (nSPS) is 16.7. The molecule has 0 bridgehead atoms. The van der Waals surface area contributed by atoms with E-state index in [1.54, 1.807) is 30.3 Å². The number of benzene rings is 1. The average molecular weight is 331 g/mol. The van der Waals surface area contributed by atoms with Crippen LogP contribution in [0.1, 0.15) is 26.5 Å². The van der Waals surface area contributed by atoms with Crippen molar-refractivity contribution in [2.45, 2.75) is 12.5 Å². The Hall–Kier alpha value is -2.67. The number of carbonyl (C=O) groups excluding carboxylic acids is 3. The first kappa shape index (κ1) is 15.2. The van der Waals surface area contributed by atoms with Crippen molar-refractivity contribution in [1.29, 1.82) is 0 Å². The number of anilines is 1. The predicted molar refractivity (Wildman–Crippen MR) is 83.5 cm³/mol. The largest absolute Gasteiger partial charge is 0.463 e. The van der Waals surface area contributed by atoms with Crippen LogP contribution in [0.3, 0.4) is 0 Å². The van der Waals surface area contributed by atoms with Crippen LogP contribution in [0.4, 0.5) is 5.69 Å². The highest BCUT2D eigenvalue weighted by Crippen LogP contribution is 2.17. The fourth-order valence-electron chi connectivity index (χ4n) is 2.11. The Morgan fingerprint density at radius 2 is 2.13 bits per heavy atom. The van der Waals surface area contributed by atoms with Crippen LogP contribution >= 0.6 is 11.3 Å². The van der Waals surface area contributed by atoms with E-state index in [9.17, 15) is 14.4 Å². The molecule has 23 heavy (non-hydrogen) atoms. The molecule has 1 aromatic carbocycles. The summed E-state index contributed by atoms with van der Waals surface area (Å²) in [4.78, 5) is 36.0. The first-order valence-electron chi connectivity index (χ1n) is 6.96. The molecule has 1 aliphatic heterocycles. The van der Waals surface area contributed by atoms with Gasteiger partial charge in [0.05, 0.1) is 17.0 Å². The van der Waals surface area contributed by atoms with Gasteiger partial charge in [-0.1, -0.05) is 12.1 Å². The Morgan fingerprint density at radius 3 is 2.83 bits per heavy atom. The van der Waals surface area contributed by atoms with E-state index in [0.717, 1.165) is 0 Å². The monoisotopic (exact) mass is 331 g/mol. The summed E-state index contributed by atoms with van der Waals surface area (Å²) in [5.41, 5.74) is 0.737. The van der Waals surface area contributed by atoms with Crippen LogP contribution in [-0.4, -0.2) is 30.6 Å². The fourth-order valence-corrected chi connectivity index (χ4v) is 2.72. The molecule has 2 heterocycles. The van der Waals surface area contributed by atoms with Crippen LogP contribution in [0.5, 0.6) is 0 Å². The van der Waals surface area contributed by atoms with Crippen LogP contribution in [-0.2, 0) is 14.3 Å². The SMILES string of the molecule is O=C(O[C@H]1CCOC1=O)c1cccc(NC(=O)c2cccs2)c1. The molecule has 0 spiro atoms. The number of ether oxygens (including phenoxy) is 2. The van der Waals surface area contributed by atoms with Crippen LogP contribution in [0.25, 0.3) is 0 Å². The van der Waals surface area contributed by atoms with Crippen LogP contribution in [0.2, 0.25) is 0 Å². The second-order valence-electron chi connectivity index (χ2n) is 4.86. The lowest BCUT2D eigenvalue weighted by molar-refractivity contribution is -0.145. The van der Waals surface area contributed by atoms with E-state index in [1.807, 2.05) is 5.38 Å². The molecule has 7 heteroatoms. The highest BCUT2D eigenvalue weighted by molar-refractivity contribution is 7.12. The quantitative estimate of drug-likeness (QED) is 0.871. The van der Waals surface area contributed by atoms with Crippen LogP contribution in [0.15, 0.2) is 41.8 Å². The van der Waals surface area contributed by atoms with Gasteiger partial charge in [0.1, 0.15) is 0 Å². The van der Waals surface area contributed by atoms with Crippen LogP contribution < -0.4 is 5.32 Å². The van der Waals surface area contributed by atoms with Gasteiger partial charge in [-0.05, 0) is 29.6 Å². The smallest absolute Gasteiger partial charge is 0.347 e. The standard InChI is InChI=1S/C16H13NO5S/c18-14(13-5-2-8-23-13)17-11-4-1-3-10(9-11)15(19)22-12-6-7-21-16(12)20/h1-5,8-9,12H,6-7H2,(H,17,18)/t12-/m0/s1. The zero-order valence-electron chi connectivity index (χ0n) is 12.0. The molecule has 0 unspecified atom stereocenters. The molecule has 1 atom stereocenters. The minimum absolute atomic E-state index is 0.245. The van der Waals surface area contributed by atoms with Crippen molar-refractivity contribution in [3.63, 3.8) is 0 Å². The minimum atomic E-state index is -0.855. The molecular weight excluding hydrogens is 318 g/mol. The number of hydrogen-bond donors (Lipinski definition) is 1. The Balaban J connectivity index is 1.68. The maximum atomic E-state index is 12.1. The number of thiophene rings is 1. The van der Waals surface area contributed by atoms with E-state index in [0.29, 0.717) is 17.0 Å². The summed E-state index contributed by atoms with van der Waals surface area (Å²) in [7, 11) is 0. The third-order valence-electron chi connectivity index (χ3n) is 3.24. The highest BCUT2D eigenvalue weighted by Gasteiger charge is 2.30. The molecule has 0 saturated carbocycles.